The van der Waals surface area contributed by atoms with E-state index in [1.165, 1.54) is 0 Å². The van der Waals surface area contributed by atoms with E-state index < -0.39 is 0 Å². The van der Waals surface area contributed by atoms with Crippen molar-refractivity contribution >= 4 is 39.1 Å². The lowest BCUT2D eigenvalue weighted by atomic mass is 9.92. The fraction of sp³-hybridized carbons (Fsp3) is 0.455. The van der Waals surface area contributed by atoms with Crippen molar-refractivity contribution < 1.29 is 4.79 Å². The summed E-state index contributed by atoms with van der Waals surface area (Å²) in [7, 11) is 0. The number of carbonyl (C=O) groups excluding carboxylic acids is 1. The van der Waals surface area contributed by atoms with Crippen molar-refractivity contribution in [3.05, 3.63) is 21.9 Å². The quantitative estimate of drug-likeness (QED) is 0.843. The van der Waals surface area contributed by atoms with Crippen LogP contribution in [-0.4, -0.2) is 10.9 Å². The second-order valence-corrected chi connectivity index (χ2v) is 5.93. The lowest BCUT2D eigenvalue weighted by Gasteiger charge is -2.17. The molecule has 0 aliphatic rings. The number of nitrogens with zero attached hydrogens (tertiary/aromatic N) is 1. The van der Waals surface area contributed by atoms with Crippen LogP contribution < -0.4 is 5.32 Å². The Bertz CT molecular complexity index is 401. The number of rotatable bonds is 2. The number of anilines is 1. The minimum absolute atomic E-state index is 0.0423. The zero-order chi connectivity index (χ0) is 12.3. The predicted octanol–water partition coefficient (Wildman–Crippen LogP) is 3.87. The summed E-state index contributed by atoms with van der Waals surface area (Å²) in [5.74, 6) is -0.0569. The second kappa shape index (κ2) is 5.15. The van der Waals surface area contributed by atoms with Gasteiger partial charge in [0.2, 0.25) is 5.91 Å². The average Bonchev–Trinajstić information content (AvgIpc) is 2.06. The molecule has 0 radical (unpaired) electrons. The highest BCUT2D eigenvalue weighted by molar-refractivity contribution is 9.10. The first-order valence-corrected chi connectivity index (χ1v) is 6.07. The second-order valence-electron chi connectivity index (χ2n) is 4.76. The number of pyridine rings is 1. The summed E-state index contributed by atoms with van der Waals surface area (Å²) < 4.78 is 0.645. The summed E-state index contributed by atoms with van der Waals surface area (Å²) in [6, 6.07) is 3.46. The number of aromatic nitrogens is 1. The van der Waals surface area contributed by atoms with Gasteiger partial charge in [-0.2, -0.15) is 0 Å². The summed E-state index contributed by atoms with van der Waals surface area (Å²) in [4.78, 5) is 15.6. The summed E-state index contributed by atoms with van der Waals surface area (Å²) in [6.07, 6.45) is 0.444. The lowest BCUT2D eigenvalue weighted by Crippen LogP contribution is -2.19. The first-order valence-electron chi connectivity index (χ1n) is 4.90. The Morgan fingerprint density at radius 2 is 2.12 bits per heavy atom. The number of halogens is 2. The Kier molecular flexibility index (Phi) is 4.33. The monoisotopic (exact) mass is 304 g/mol. The third-order valence-electron chi connectivity index (χ3n) is 1.78. The van der Waals surface area contributed by atoms with Crippen molar-refractivity contribution in [1.29, 1.82) is 0 Å². The van der Waals surface area contributed by atoms with Crippen LogP contribution in [0.5, 0.6) is 0 Å². The van der Waals surface area contributed by atoms with Crippen LogP contribution in [0.15, 0.2) is 16.7 Å². The molecule has 1 aromatic heterocycles. The average molecular weight is 306 g/mol. The van der Waals surface area contributed by atoms with E-state index in [9.17, 15) is 4.79 Å². The van der Waals surface area contributed by atoms with E-state index in [0.717, 1.165) is 0 Å². The van der Waals surface area contributed by atoms with Gasteiger partial charge in [-0.15, -0.1) is 0 Å². The fourth-order valence-electron chi connectivity index (χ4n) is 1.18. The maximum Gasteiger partial charge on any atom is 0.224 e. The van der Waals surface area contributed by atoms with Gasteiger partial charge in [-0.1, -0.05) is 32.4 Å². The number of carbonyl (C=O) groups is 1. The van der Waals surface area contributed by atoms with E-state index >= 15 is 0 Å². The standard InChI is InChI=1S/C11H14BrClN2O/c1-11(2,3)6-9(16)14-7-4-5-8(12)15-10(7)13/h4-5H,6H2,1-3H3,(H,14,16). The largest absolute Gasteiger partial charge is 0.323 e. The number of nitrogens with one attached hydrogen (secondary N) is 1. The van der Waals surface area contributed by atoms with Crippen molar-refractivity contribution in [2.75, 3.05) is 5.32 Å². The van der Waals surface area contributed by atoms with Gasteiger partial charge in [-0.3, -0.25) is 4.79 Å². The molecule has 5 heteroatoms. The molecule has 0 aromatic carbocycles. The van der Waals surface area contributed by atoms with Crippen LogP contribution in [0.2, 0.25) is 5.15 Å². The van der Waals surface area contributed by atoms with E-state index in [4.69, 9.17) is 11.6 Å². The Labute approximate surface area is 109 Å². The molecule has 0 saturated carbocycles. The van der Waals surface area contributed by atoms with E-state index in [1.54, 1.807) is 12.1 Å². The van der Waals surface area contributed by atoms with Gasteiger partial charge in [0.05, 0.1) is 5.69 Å². The van der Waals surface area contributed by atoms with E-state index in [-0.39, 0.29) is 16.5 Å². The molecule has 0 unspecified atom stereocenters. The minimum atomic E-state index is -0.0569. The van der Waals surface area contributed by atoms with Gasteiger partial charge in [0.1, 0.15) is 4.60 Å². The highest BCUT2D eigenvalue weighted by Crippen LogP contribution is 2.24. The molecule has 1 amide bonds. The van der Waals surface area contributed by atoms with Crippen molar-refractivity contribution in [2.24, 2.45) is 5.41 Å². The maximum atomic E-state index is 11.7. The maximum absolute atomic E-state index is 11.7. The van der Waals surface area contributed by atoms with Gasteiger partial charge in [-0.05, 0) is 33.5 Å². The van der Waals surface area contributed by atoms with Crippen LogP contribution in [0.25, 0.3) is 0 Å². The van der Waals surface area contributed by atoms with Crippen LogP contribution in [-0.2, 0) is 4.79 Å². The molecular formula is C11H14BrClN2O. The van der Waals surface area contributed by atoms with Gasteiger partial charge in [0.25, 0.3) is 0 Å². The van der Waals surface area contributed by atoms with Crippen molar-refractivity contribution in [2.45, 2.75) is 27.2 Å². The van der Waals surface area contributed by atoms with Crippen molar-refractivity contribution in [1.82, 2.24) is 4.98 Å². The molecule has 1 N–H and O–H groups in total. The molecule has 16 heavy (non-hydrogen) atoms. The molecule has 0 spiro atoms. The molecule has 1 heterocycles. The summed E-state index contributed by atoms with van der Waals surface area (Å²) in [5.41, 5.74) is 0.499. The Morgan fingerprint density at radius 1 is 1.50 bits per heavy atom. The molecule has 0 fully saturated rings. The van der Waals surface area contributed by atoms with Crippen LogP contribution in [0.1, 0.15) is 27.2 Å². The van der Waals surface area contributed by atoms with Crippen molar-refractivity contribution in [3.63, 3.8) is 0 Å². The predicted molar refractivity (Wildman–Crippen MR) is 69.6 cm³/mol. The van der Waals surface area contributed by atoms with Gasteiger partial charge in [0.15, 0.2) is 5.15 Å². The van der Waals surface area contributed by atoms with Crippen molar-refractivity contribution in [3.8, 4) is 0 Å². The third-order valence-corrected chi connectivity index (χ3v) is 2.51. The Morgan fingerprint density at radius 3 is 2.62 bits per heavy atom. The fourth-order valence-corrected chi connectivity index (χ4v) is 1.79. The lowest BCUT2D eigenvalue weighted by molar-refractivity contribution is -0.117. The van der Waals surface area contributed by atoms with E-state index in [0.29, 0.717) is 16.7 Å². The smallest absolute Gasteiger partial charge is 0.224 e. The summed E-state index contributed by atoms with van der Waals surface area (Å²) in [6.45, 7) is 6.02. The van der Waals surface area contributed by atoms with Gasteiger partial charge in [-0.25, -0.2) is 4.98 Å². The highest BCUT2D eigenvalue weighted by Gasteiger charge is 2.16. The van der Waals surface area contributed by atoms with Crippen LogP contribution in [0.4, 0.5) is 5.69 Å². The van der Waals surface area contributed by atoms with Crippen LogP contribution in [0, 0.1) is 5.41 Å². The SMILES string of the molecule is CC(C)(C)CC(=O)Nc1ccc(Br)nc1Cl. The third kappa shape index (κ3) is 4.49. The Balaban J connectivity index is 2.70. The number of hydrogen-bond donors (Lipinski definition) is 1. The van der Waals surface area contributed by atoms with E-state index in [1.807, 2.05) is 20.8 Å². The van der Waals surface area contributed by atoms with Gasteiger partial charge in [0, 0.05) is 6.42 Å². The van der Waals surface area contributed by atoms with Crippen LogP contribution in [0.3, 0.4) is 0 Å². The minimum Gasteiger partial charge on any atom is -0.323 e. The zero-order valence-corrected chi connectivity index (χ0v) is 11.8. The molecule has 88 valence electrons. The molecule has 1 aromatic rings. The Hall–Kier alpha value is -0.610. The molecule has 0 aliphatic carbocycles. The molecule has 3 nitrogen and oxygen atoms in total. The summed E-state index contributed by atoms with van der Waals surface area (Å²) >= 11 is 9.09. The molecule has 0 atom stereocenters. The molecule has 1 rings (SSSR count). The van der Waals surface area contributed by atoms with Gasteiger partial charge < -0.3 is 5.32 Å². The van der Waals surface area contributed by atoms with E-state index in [2.05, 4.69) is 26.2 Å². The molecular weight excluding hydrogens is 291 g/mol. The molecule has 0 aliphatic heterocycles. The normalized spacial score (nSPS) is 11.3. The number of hydrogen-bond acceptors (Lipinski definition) is 2. The molecule has 0 bridgehead atoms. The first-order chi connectivity index (χ1) is 7.28. The first kappa shape index (κ1) is 13.5. The molecule has 0 saturated heterocycles. The number of amides is 1. The van der Waals surface area contributed by atoms with Gasteiger partial charge >= 0.3 is 0 Å². The highest BCUT2D eigenvalue weighted by atomic mass is 79.9. The summed E-state index contributed by atoms with van der Waals surface area (Å²) in [5, 5.41) is 3.03. The topological polar surface area (TPSA) is 42.0 Å². The van der Waals surface area contributed by atoms with Crippen LogP contribution >= 0.6 is 27.5 Å². The zero-order valence-electron chi connectivity index (χ0n) is 9.47.